The van der Waals surface area contributed by atoms with E-state index in [9.17, 15) is 0 Å². The first kappa shape index (κ1) is 34.1. The van der Waals surface area contributed by atoms with Crippen molar-refractivity contribution in [1.29, 1.82) is 0 Å². The molecule has 6 heterocycles. The Morgan fingerprint density at radius 2 is 1.46 bits per heavy atom. The number of hydrogen-bond donors (Lipinski definition) is 0. The second-order valence-corrected chi connectivity index (χ2v) is 19.9. The minimum atomic E-state index is 0.109. The van der Waals surface area contributed by atoms with Crippen molar-refractivity contribution in [1.82, 2.24) is 0 Å². The number of rotatable bonds is 9. The highest BCUT2D eigenvalue weighted by Crippen LogP contribution is 2.55. The van der Waals surface area contributed by atoms with E-state index in [-0.39, 0.29) is 5.41 Å². The highest BCUT2D eigenvalue weighted by molar-refractivity contribution is 7.31. The van der Waals surface area contributed by atoms with Crippen molar-refractivity contribution in [3.05, 3.63) is 67.4 Å². The predicted molar refractivity (Wildman–Crippen MR) is 219 cm³/mol. The Labute approximate surface area is 299 Å². The predicted octanol–water partition coefficient (Wildman–Crippen LogP) is 16.2. The molecular formula is C40H46S6. The minimum Gasteiger partial charge on any atom is -0.144 e. The van der Waals surface area contributed by atoms with Gasteiger partial charge in [0.25, 0.3) is 0 Å². The van der Waals surface area contributed by atoms with Crippen LogP contribution in [0.2, 0.25) is 0 Å². The Hall–Kier alpha value is -1.80. The summed E-state index contributed by atoms with van der Waals surface area (Å²) in [5.41, 5.74) is 3.01. The lowest BCUT2D eigenvalue weighted by Crippen LogP contribution is -2.07. The van der Waals surface area contributed by atoms with E-state index in [1.807, 2.05) is 81.9 Å². The lowest BCUT2D eigenvalue weighted by Gasteiger charge is -2.15. The van der Waals surface area contributed by atoms with Crippen LogP contribution in [0.25, 0.3) is 60.9 Å². The fourth-order valence-corrected chi connectivity index (χ4v) is 13.6. The van der Waals surface area contributed by atoms with Gasteiger partial charge in [0.15, 0.2) is 0 Å². The molecule has 0 bridgehead atoms. The first-order chi connectivity index (χ1) is 22.2. The van der Waals surface area contributed by atoms with Crippen molar-refractivity contribution in [3.63, 3.8) is 0 Å². The van der Waals surface area contributed by atoms with Crippen molar-refractivity contribution in [2.45, 2.75) is 99.8 Å². The van der Waals surface area contributed by atoms with Crippen LogP contribution in [0.5, 0.6) is 0 Å². The Kier molecular flexibility index (Phi) is 10.4. The maximum Gasteiger partial charge on any atom is 0.0624 e. The van der Waals surface area contributed by atoms with Crippen LogP contribution < -0.4 is 0 Å². The largest absolute Gasteiger partial charge is 0.144 e. The summed E-state index contributed by atoms with van der Waals surface area (Å²) in [5.74, 6) is 0.781. The zero-order chi connectivity index (χ0) is 32.7. The molecule has 0 nitrogen and oxygen atoms in total. The van der Waals surface area contributed by atoms with Gasteiger partial charge >= 0.3 is 0 Å². The van der Waals surface area contributed by atoms with Gasteiger partial charge in [-0.1, -0.05) is 80.2 Å². The molecule has 7 rings (SSSR count). The van der Waals surface area contributed by atoms with Gasteiger partial charge in [-0.05, 0) is 73.4 Å². The highest BCUT2D eigenvalue weighted by atomic mass is 32.1. The van der Waals surface area contributed by atoms with Gasteiger partial charge in [-0.25, -0.2) is 0 Å². The highest BCUT2D eigenvalue weighted by Gasteiger charge is 2.27. The van der Waals surface area contributed by atoms with Crippen molar-refractivity contribution in [3.8, 4) is 30.6 Å². The summed E-state index contributed by atoms with van der Waals surface area (Å²) in [5, 5.41) is 6.54. The van der Waals surface area contributed by atoms with E-state index < -0.39 is 0 Å². The van der Waals surface area contributed by atoms with E-state index in [0.717, 1.165) is 5.92 Å². The zero-order valence-corrected chi connectivity index (χ0v) is 33.6. The quantitative estimate of drug-likeness (QED) is 0.139. The second-order valence-electron chi connectivity index (χ2n) is 13.2. The van der Waals surface area contributed by atoms with Crippen LogP contribution in [0.15, 0.2) is 47.8 Å². The summed E-state index contributed by atoms with van der Waals surface area (Å²) in [4.78, 5) is 11.5. The Bertz CT molecular complexity index is 2080. The Morgan fingerprint density at radius 3 is 2.15 bits per heavy atom. The lowest BCUT2D eigenvalue weighted by molar-refractivity contribution is 0.452. The summed E-state index contributed by atoms with van der Waals surface area (Å²) in [7, 11) is 0. The third-order valence-corrected chi connectivity index (χ3v) is 16.1. The summed E-state index contributed by atoms with van der Waals surface area (Å²) >= 11 is 11.9. The van der Waals surface area contributed by atoms with E-state index in [2.05, 4.69) is 96.3 Å². The molecular weight excluding hydrogens is 673 g/mol. The smallest absolute Gasteiger partial charge is 0.0624 e. The van der Waals surface area contributed by atoms with Crippen LogP contribution in [0.1, 0.15) is 93.7 Å². The van der Waals surface area contributed by atoms with Crippen molar-refractivity contribution in [2.75, 3.05) is 0 Å². The molecule has 242 valence electrons. The van der Waals surface area contributed by atoms with Gasteiger partial charge in [0.1, 0.15) is 0 Å². The van der Waals surface area contributed by atoms with E-state index in [1.54, 1.807) is 4.88 Å². The zero-order valence-electron chi connectivity index (χ0n) is 28.7. The van der Waals surface area contributed by atoms with Crippen molar-refractivity contribution in [2.24, 2.45) is 5.92 Å². The summed E-state index contributed by atoms with van der Waals surface area (Å²) in [6, 6.07) is 16.9. The van der Waals surface area contributed by atoms with E-state index in [0.29, 0.717) is 0 Å². The standard InChI is InChI=1S/C38H40S6.C2H6/c1-8-10-12-23(9-2)18-24-14-15-29(42-24)33-26-19-30(37-36-25(22(4)41-37)17-21(3)40-36)43-34(26)32(28-13-11-16-39-28)27-20-31(38(5,6)7)44-35(27)33;1-2/h11,13-17,19-20,23H,8-10,12,18H2,1-7H3;1-2H3. The second kappa shape index (κ2) is 14.0. The fourth-order valence-electron chi connectivity index (χ4n) is 6.37. The molecule has 0 radical (unpaired) electrons. The van der Waals surface area contributed by atoms with E-state index in [1.165, 1.54) is 108 Å². The Balaban J connectivity index is 0.00000182. The van der Waals surface area contributed by atoms with E-state index in [4.69, 9.17) is 0 Å². The maximum atomic E-state index is 2.55. The number of hydrogen-bond acceptors (Lipinski definition) is 6. The van der Waals surface area contributed by atoms with Gasteiger partial charge in [-0.3, -0.25) is 0 Å². The average molecular weight is 719 g/mol. The van der Waals surface area contributed by atoms with Crippen LogP contribution in [-0.2, 0) is 11.8 Å². The molecule has 0 aliphatic carbocycles. The molecule has 6 heteroatoms. The number of aryl methyl sites for hydroxylation is 2. The molecule has 0 saturated carbocycles. The van der Waals surface area contributed by atoms with Gasteiger partial charge in [0, 0.05) is 70.8 Å². The number of thiophene rings is 6. The first-order valence-corrected chi connectivity index (χ1v) is 21.8. The molecule has 0 fully saturated rings. The number of fused-ring (bicyclic) bond motifs is 3. The van der Waals surface area contributed by atoms with Crippen LogP contribution in [-0.4, -0.2) is 0 Å². The third-order valence-electron chi connectivity index (χ3n) is 8.82. The first-order valence-electron chi connectivity index (χ1n) is 16.8. The maximum absolute atomic E-state index is 2.55. The number of unbranched alkanes of at least 4 members (excludes halogenated alkanes) is 1. The van der Waals surface area contributed by atoms with Crippen molar-refractivity contribution < 1.29 is 0 Å². The molecule has 0 amide bonds. The molecule has 46 heavy (non-hydrogen) atoms. The summed E-state index contributed by atoms with van der Waals surface area (Å²) in [6.07, 6.45) is 6.44. The summed E-state index contributed by atoms with van der Waals surface area (Å²) in [6.45, 7) is 20.3. The van der Waals surface area contributed by atoms with E-state index >= 15 is 0 Å². The average Bonchev–Trinajstić information content (AvgIpc) is 3.87. The molecule has 0 aliphatic rings. The lowest BCUT2D eigenvalue weighted by atomic mass is 9.93. The van der Waals surface area contributed by atoms with Crippen LogP contribution >= 0.6 is 68.0 Å². The molecule has 0 N–H and O–H groups in total. The Morgan fingerprint density at radius 1 is 0.717 bits per heavy atom. The van der Waals surface area contributed by atoms with Gasteiger partial charge < -0.3 is 0 Å². The monoisotopic (exact) mass is 718 g/mol. The van der Waals surface area contributed by atoms with Gasteiger partial charge in [-0.2, -0.15) is 0 Å². The van der Waals surface area contributed by atoms with Crippen LogP contribution in [0.3, 0.4) is 0 Å². The normalized spacial score (nSPS) is 12.8. The van der Waals surface area contributed by atoms with Crippen LogP contribution in [0, 0.1) is 19.8 Å². The van der Waals surface area contributed by atoms with Crippen molar-refractivity contribution >= 4 is 98.3 Å². The van der Waals surface area contributed by atoms with Gasteiger partial charge in [0.05, 0.1) is 9.58 Å². The topological polar surface area (TPSA) is 0 Å². The fraction of sp³-hybridized carbons (Fsp3) is 0.400. The third kappa shape index (κ3) is 6.35. The van der Waals surface area contributed by atoms with Gasteiger partial charge in [0.2, 0.25) is 0 Å². The summed E-state index contributed by atoms with van der Waals surface area (Å²) < 4.78 is 4.37. The molecule has 6 aromatic heterocycles. The molecule has 0 saturated heterocycles. The van der Waals surface area contributed by atoms with Crippen LogP contribution in [0.4, 0.5) is 0 Å². The SMILES string of the molecule is CC.CCCCC(CC)Cc1ccc(-c2c3cc(-c4sc(C)c5cc(C)sc45)sc3c(-c3cccs3)c3cc(C(C)(C)C)sc23)s1. The van der Waals surface area contributed by atoms with Gasteiger partial charge in [-0.15, -0.1) is 68.0 Å². The molecule has 1 atom stereocenters. The minimum absolute atomic E-state index is 0.109. The molecule has 0 aliphatic heterocycles. The number of benzene rings is 1. The molecule has 7 aromatic rings. The molecule has 1 unspecified atom stereocenters. The molecule has 0 spiro atoms. The molecule has 1 aromatic carbocycles.